The van der Waals surface area contributed by atoms with Crippen molar-refractivity contribution in [3.63, 3.8) is 0 Å². The third-order valence-electron chi connectivity index (χ3n) is 3.81. The largest absolute Gasteiger partial charge is 0.497 e. The smallest absolute Gasteiger partial charge is 0.250 e. The van der Waals surface area contributed by atoms with Gasteiger partial charge in [0.25, 0.3) is 5.91 Å². The van der Waals surface area contributed by atoms with Gasteiger partial charge >= 0.3 is 0 Å². The second kappa shape index (κ2) is 9.18. The van der Waals surface area contributed by atoms with Crippen LogP contribution in [0.2, 0.25) is 0 Å². The summed E-state index contributed by atoms with van der Waals surface area (Å²) in [5, 5.41) is 4.64. The summed E-state index contributed by atoms with van der Waals surface area (Å²) in [6.07, 6.45) is 3.54. The Balaban J connectivity index is 1.57. The molecular weight excluding hydrogens is 374 g/mol. The molecule has 0 atom stereocenters. The lowest BCUT2D eigenvalue weighted by Crippen LogP contribution is -2.20. The summed E-state index contributed by atoms with van der Waals surface area (Å²) in [4.78, 5) is 20.6. The van der Waals surface area contributed by atoms with Crippen molar-refractivity contribution >= 4 is 23.9 Å². The summed E-state index contributed by atoms with van der Waals surface area (Å²) in [6.45, 7) is 3.81. The zero-order valence-corrected chi connectivity index (χ0v) is 16.7. The van der Waals surface area contributed by atoms with Gasteiger partial charge in [-0.3, -0.25) is 4.79 Å². The molecule has 1 aromatic carbocycles. The molecule has 1 amide bonds. The van der Waals surface area contributed by atoms with Crippen LogP contribution in [0.25, 0.3) is 5.69 Å². The standard InChI is InChI=1S/C20H21N5O2S/c1-14-11-15(2)23-20(22-14)28-13-19(26)24-21-12-17-5-4-10-25(17)16-6-8-18(27-3)9-7-16/h4-12H,13H2,1-3H3,(H,24,26)/b21-12-. The van der Waals surface area contributed by atoms with Crippen molar-refractivity contribution in [3.8, 4) is 11.4 Å². The van der Waals surface area contributed by atoms with Gasteiger partial charge in [-0.25, -0.2) is 15.4 Å². The van der Waals surface area contributed by atoms with Crippen molar-refractivity contribution in [2.45, 2.75) is 19.0 Å². The van der Waals surface area contributed by atoms with E-state index in [1.54, 1.807) is 13.3 Å². The van der Waals surface area contributed by atoms with E-state index in [9.17, 15) is 4.79 Å². The molecular formula is C20H21N5O2S. The lowest BCUT2D eigenvalue weighted by molar-refractivity contribution is -0.118. The summed E-state index contributed by atoms with van der Waals surface area (Å²) in [5.74, 6) is 0.773. The first-order valence-corrected chi connectivity index (χ1v) is 9.62. The molecule has 0 radical (unpaired) electrons. The monoisotopic (exact) mass is 395 g/mol. The highest BCUT2D eigenvalue weighted by Gasteiger charge is 2.06. The molecule has 0 bridgehead atoms. The van der Waals surface area contributed by atoms with E-state index in [1.807, 2.05) is 67.1 Å². The Morgan fingerprint density at radius 2 is 1.93 bits per heavy atom. The number of carbonyl (C=O) groups is 1. The Bertz CT molecular complexity index is 962. The number of nitrogens with zero attached hydrogens (tertiary/aromatic N) is 4. The fraction of sp³-hybridized carbons (Fsp3) is 0.200. The first kappa shape index (κ1) is 19.6. The second-order valence-electron chi connectivity index (χ2n) is 6.02. The predicted molar refractivity (Wildman–Crippen MR) is 110 cm³/mol. The fourth-order valence-corrected chi connectivity index (χ4v) is 3.31. The number of nitrogens with one attached hydrogen (secondary N) is 1. The van der Waals surface area contributed by atoms with Crippen LogP contribution in [0.15, 0.2) is 58.9 Å². The number of carbonyl (C=O) groups excluding carboxylic acids is 1. The van der Waals surface area contributed by atoms with E-state index in [4.69, 9.17) is 4.74 Å². The van der Waals surface area contributed by atoms with Crippen LogP contribution in [0.4, 0.5) is 0 Å². The summed E-state index contributed by atoms with van der Waals surface area (Å²) >= 11 is 1.28. The number of aryl methyl sites for hydroxylation is 2. The quantitative estimate of drug-likeness (QED) is 0.288. The molecule has 0 saturated carbocycles. The Morgan fingerprint density at radius 3 is 2.61 bits per heavy atom. The van der Waals surface area contributed by atoms with Crippen LogP contribution in [0.3, 0.4) is 0 Å². The van der Waals surface area contributed by atoms with Crippen LogP contribution in [0, 0.1) is 13.8 Å². The number of rotatable bonds is 7. The molecule has 7 nitrogen and oxygen atoms in total. The van der Waals surface area contributed by atoms with E-state index in [0.717, 1.165) is 28.5 Å². The molecule has 0 fully saturated rings. The molecule has 0 saturated heterocycles. The van der Waals surface area contributed by atoms with E-state index in [-0.39, 0.29) is 11.7 Å². The molecule has 0 unspecified atom stereocenters. The predicted octanol–water partition coefficient (Wildman–Crippen LogP) is 3.14. The van der Waals surface area contributed by atoms with E-state index in [0.29, 0.717) is 5.16 Å². The van der Waals surface area contributed by atoms with Gasteiger partial charge in [-0.2, -0.15) is 5.10 Å². The fourth-order valence-electron chi connectivity index (χ4n) is 2.57. The summed E-state index contributed by atoms with van der Waals surface area (Å²) in [7, 11) is 1.63. The lowest BCUT2D eigenvalue weighted by Gasteiger charge is -2.07. The highest BCUT2D eigenvalue weighted by atomic mass is 32.2. The minimum Gasteiger partial charge on any atom is -0.497 e. The molecule has 0 aliphatic rings. The minimum absolute atomic E-state index is 0.194. The van der Waals surface area contributed by atoms with Crippen molar-refractivity contribution in [2.24, 2.45) is 5.10 Å². The number of amides is 1. The van der Waals surface area contributed by atoms with Crippen molar-refractivity contribution in [1.82, 2.24) is 20.0 Å². The van der Waals surface area contributed by atoms with Gasteiger partial charge in [0.15, 0.2) is 5.16 Å². The Labute approximate surface area is 167 Å². The number of aromatic nitrogens is 3. The molecule has 3 aromatic rings. The molecule has 8 heteroatoms. The van der Waals surface area contributed by atoms with E-state index in [1.165, 1.54) is 11.8 Å². The Hall–Kier alpha value is -3.13. The molecule has 2 aromatic heterocycles. The van der Waals surface area contributed by atoms with Crippen molar-refractivity contribution in [2.75, 3.05) is 12.9 Å². The summed E-state index contributed by atoms with van der Waals surface area (Å²) < 4.78 is 7.15. The van der Waals surface area contributed by atoms with Crippen LogP contribution in [-0.2, 0) is 4.79 Å². The third kappa shape index (κ3) is 5.20. The van der Waals surface area contributed by atoms with Crippen LogP contribution in [0.5, 0.6) is 5.75 Å². The van der Waals surface area contributed by atoms with Gasteiger partial charge in [0.1, 0.15) is 5.75 Å². The molecule has 1 N–H and O–H groups in total. The van der Waals surface area contributed by atoms with Gasteiger partial charge in [0.05, 0.1) is 24.8 Å². The molecule has 2 heterocycles. The maximum Gasteiger partial charge on any atom is 0.250 e. The molecule has 28 heavy (non-hydrogen) atoms. The number of ether oxygens (including phenoxy) is 1. The molecule has 3 rings (SSSR count). The van der Waals surface area contributed by atoms with Crippen molar-refractivity contribution in [1.29, 1.82) is 0 Å². The average molecular weight is 395 g/mol. The van der Waals surface area contributed by atoms with Crippen LogP contribution in [-0.4, -0.2) is 39.5 Å². The number of thioether (sulfide) groups is 1. The second-order valence-corrected chi connectivity index (χ2v) is 6.96. The number of hydrogen-bond acceptors (Lipinski definition) is 6. The first-order valence-electron chi connectivity index (χ1n) is 8.64. The number of methoxy groups -OCH3 is 1. The number of benzene rings is 1. The average Bonchev–Trinajstić information content (AvgIpc) is 3.14. The Kier molecular flexibility index (Phi) is 6.44. The van der Waals surface area contributed by atoms with Crippen molar-refractivity contribution in [3.05, 3.63) is 65.7 Å². The zero-order valence-electron chi connectivity index (χ0n) is 15.9. The van der Waals surface area contributed by atoms with Gasteiger partial charge < -0.3 is 9.30 Å². The van der Waals surface area contributed by atoms with Crippen LogP contribution in [0.1, 0.15) is 17.1 Å². The van der Waals surface area contributed by atoms with Gasteiger partial charge in [0, 0.05) is 23.3 Å². The molecule has 0 aliphatic carbocycles. The maximum absolute atomic E-state index is 12.0. The Morgan fingerprint density at radius 1 is 1.21 bits per heavy atom. The molecule has 0 spiro atoms. The van der Waals surface area contributed by atoms with Gasteiger partial charge in [-0.15, -0.1) is 0 Å². The van der Waals surface area contributed by atoms with Gasteiger partial charge in [0.2, 0.25) is 0 Å². The van der Waals surface area contributed by atoms with Crippen molar-refractivity contribution < 1.29 is 9.53 Å². The number of hydrogen-bond donors (Lipinski definition) is 1. The molecule has 0 aliphatic heterocycles. The maximum atomic E-state index is 12.0. The van der Waals surface area contributed by atoms with E-state index in [2.05, 4.69) is 20.5 Å². The molecule has 144 valence electrons. The van der Waals surface area contributed by atoms with Crippen LogP contribution < -0.4 is 10.2 Å². The summed E-state index contributed by atoms with van der Waals surface area (Å²) in [5.41, 5.74) is 6.12. The SMILES string of the molecule is COc1ccc(-n2cccc2/C=N\NC(=O)CSc2nc(C)cc(C)n2)cc1. The summed E-state index contributed by atoms with van der Waals surface area (Å²) in [6, 6.07) is 13.4. The van der Waals surface area contributed by atoms with E-state index < -0.39 is 0 Å². The van der Waals surface area contributed by atoms with Gasteiger partial charge in [-0.05, 0) is 56.3 Å². The number of hydrazone groups is 1. The zero-order chi connectivity index (χ0) is 19.9. The lowest BCUT2D eigenvalue weighted by atomic mass is 10.3. The highest BCUT2D eigenvalue weighted by Crippen LogP contribution is 2.17. The van der Waals surface area contributed by atoms with E-state index >= 15 is 0 Å². The highest BCUT2D eigenvalue weighted by molar-refractivity contribution is 7.99. The first-order chi connectivity index (χ1) is 13.5. The van der Waals surface area contributed by atoms with Gasteiger partial charge in [-0.1, -0.05) is 11.8 Å². The van der Waals surface area contributed by atoms with Crippen LogP contribution >= 0.6 is 11.8 Å². The third-order valence-corrected chi connectivity index (χ3v) is 4.66. The minimum atomic E-state index is -0.216. The normalized spacial score (nSPS) is 11.0. The topological polar surface area (TPSA) is 81.4 Å².